The highest BCUT2D eigenvalue weighted by Gasteiger charge is 2.16. The van der Waals surface area contributed by atoms with Crippen molar-refractivity contribution in [2.75, 3.05) is 5.32 Å². The Morgan fingerprint density at radius 2 is 1.47 bits per heavy atom. The largest absolute Gasteiger partial charge is 0.467 e. The van der Waals surface area contributed by atoms with Gasteiger partial charge in [0, 0.05) is 10.6 Å². The molecule has 0 radical (unpaired) electrons. The van der Waals surface area contributed by atoms with Crippen LogP contribution in [0, 0.1) is 0 Å². The quantitative estimate of drug-likeness (QED) is 0.341. The predicted molar refractivity (Wildman–Crippen MR) is 127 cm³/mol. The highest BCUT2D eigenvalue weighted by atomic mass is 32.2. The number of nitrogens with one attached hydrogen (secondary N) is 2. The van der Waals surface area contributed by atoms with Crippen molar-refractivity contribution < 1.29 is 14.0 Å². The van der Waals surface area contributed by atoms with E-state index in [1.54, 1.807) is 60.5 Å². The topological polar surface area (TPSA) is 71.3 Å². The first-order chi connectivity index (χ1) is 15.7. The van der Waals surface area contributed by atoms with E-state index in [0.29, 0.717) is 22.6 Å². The van der Waals surface area contributed by atoms with E-state index in [0.717, 1.165) is 10.6 Å². The van der Waals surface area contributed by atoms with E-state index in [2.05, 4.69) is 22.8 Å². The zero-order chi connectivity index (χ0) is 22.2. The maximum Gasteiger partial charge on any atom is 0.256 e. The van der Waals surface area contributed by atoms with Crippen molar-refractivity contribution in [2.45, 2.75) is 17.2 Å². The van der Waals surface area contributed by atoms with E-state index in [1.165, 1.54) is 5.56 Å². The van der Waals surface area contributed by atoms with Crippen LogP contribution in [0.25, 0.3) is 0 Å². The summed E-state index contributed by atoms with van der Waals surface area (Å²) < 4.78 is 5.25. The fraction of sp³-hybridized carbons (Fsp3) is 0.0769. The SMILES string of the molecule is O=C(NCc1ccco1)c1ccccc1NC(=O)c1ccccc1SCc1ccccc1. The highest BCUT2D eigenvalue weighted by molar-refractivity contribution is 7.98. The van der Waals surface area contributed by atoms with Crippen molar-refractivity contribution >= 4 is 29.3 Å². The normalized spacial score (nSPS) is 10.5. The van der Waals surface area contributed by atoms with Gasteiger partial charge in [-0.25, -0.2) is 0 Å². The molecule has 32 heavy (non-hydrogen) atoms. The van der Waals surface area contributed by atoms with Crippen LogP contribution in [0.1, 0.15) is 32.0 Å². The van der Waals surface area contributed by atoms with E-state index in [9.17, 15) is 9.59 Å². The lowest BCUT2D eigenvalue weighted by Crippen LogP contribution is -2.24. The molecule has 0 saturated carbocycles. The number of carbonyl (C=O) groups excluding carboxylic acids is 2. The summed E-state index contributed by atoms with van der Waals surface area (Å²) in [5, 5.41) is 5.72. The summed E-state index contributed by atoms with van der Waals surface area (Å²) in [4.78, 5) is 26.7. The number of benzene rings is 3. The van der Waals surface area contributed by atoms with Crippen LogP contribution < -0.4 is 10.6 Å². The molecule has 4 aromatic rings. The number of thioether (sulfide) groups is 1. The van der Waals surface area contributed by atoms with Gasteiger partial charge in [0.25, 0.3) is 11.8 Å². The van der Waals surface area contributed by atoms with Gasteiger partial charge < -0.3 is 15.1 Å². The Kier molecular flexibility index (Phi) is 7.05. The summed E-state index contributed by atoms with van der Waals surface area (Å²) in [5.41, 5.74) is 2.60. The van der Waals surface area contributed by atoms with Gasteiger partial charge in [-0.2, -0.15) is 0 Å². The highest BCUT2D eigenvalue weighted by Crippen LogP contribution is 2.27. The molecule has 0 aliphatic heterocycles. The van der Waals surface area contributed by atoms with E-state index >= 15 is 0 Å². The molecule has 0 spiro atoms. The van der Waals surface area contributed by atoms with Crippen LogP contribution in [0.3, 0.4) is 0 Å². The summed E-state index contributed by atoms with van der Waals surface area (Å²) in [5.74, 6) is 0.873. The second kappa shape index (κ2) is 10.5. The molecule has 5 nitrogen and oxygen atoms in total. The molecule has 0 aliphatic rings. The monoisotopic (exact) mass is 442 g/mol. The van der Waals surface area contributed by atoms with Gasteiger partial charge in [0.05, 0.1) is 29.6 Å². The number of rotatable bonds is 8. The number of hydrogen-bond donors (Lipinski definition) is 2. The number of furan rings is 1. The predicted octanol–water partition coefficient (Wildman–Crippen LogP) is 5.75. The van der Waals surface area contributed by atoms with Gasteiger partial charge in [0.1, 0.15) is 5.76 Å². The number of carbonyl (C=O) groups is 2. The van der Waals surface area contributed by atoms with Crippen LogP contribution in [0.5, 0.6) is 0 Å². The van der Waals surface area contributed by atoms with Crippen molar-refractivity contribution in [3.63, 3.8) is 0 Å². The third kappa shape index (κ3) is 5.47. The van der Waals surface area contributed by atoms with Crippen molar-refractivity contribution in [2.24, 2.45) is 0 Å². The summed E-state index contributed by atoms with van der Waals surface area (Å²) in [6.07, 6.45) is 1.56. The first-order valence-corrected chi connectivity index (χ1v) is 11.2. The van der Waals surface area contributed by atoms with E-state index in [-0.39, 0.29) is 18.4 Å². The number of amides is 2. The molecule has 3 aromatic carbocycles. The Hall–Kier alpha value is -3.77. The zero-order valence-corrected chi connectivity index (χ0v) is 18.1. The lowest BCUT2D eigenvalue weighted by atomic mass is 10.1. The van der Waals surface area contributed by atoms with Crippen LogP contribution in [0.15, 0.2) is 107 Å². The molecule has 160 valence electrons. The Labute approximate surface area is 190 Å². The van der Waals surface area contributed by atoms with Crippen LogP contribution in [0.4, 0.5) is 5.69 Å². The third-order valence-electron chi connectivity index (χ3n) is 4.79. The molecule has 2 amide bonds. The second-order valence-corrected chi connectivity index (χ2v) is 8.05. The number of hydrogen-bond acceptors (Lipinski definition) is 4. The smallest absolute Gasteiger partial charge is 0.256 e. The lowest BCUT2D eigenvalue weighted by molar-refractivity contribution is 0.0949. The van der Waals surface area contributed by atoms with Gasteiger partial charge in [0.15, 0.2) is 0 Å². The Morgan fingerprint density at radius 3 is 2.25 bits per heavy atom. The average molecular weight is 443 g/mol. The van der Waals surface area contributed by atoms with Crippen LogP contribution >= 0.6 is 11.8 Å². The molecule has 0 fully saturated rings. The van der Waals surface area contributed by atoms with E-state index in [1.807, 2.05) is 36.4 Å². The van der Waals surface area contributed by atoms with Gasteiger partial charge in [-0.1, -0.05) is 54.6 Å². The van der Waals surface area contributed by atoms with Crippen molar-refractivity contribution in [3.8, 4) is 0 Å². The molecular weight excluding hydrogens is 420 g/mol. The fourth-order valence-electron chi connectivity index (χ4n) is 3.17. The first kappa shape index (κ1) is 21.5. The summed E-state index contributed by atoms with van der Waals surface area (Å²) >= 11 is 1.61. The standard InChI is InChI=1S/C26H22N2O3S/c29-25(27-17-20-11-8-16-31-20)21-12-4-6-14-23(21)28-26(30)22-13-5-7-15-24(22)32-18-19-9-2-1-3-10-19/h1-16H,17-18H2,(H,27,29)(H,28,30). The molecule has 1 aromatic heterocycles. The van der Waals surface area contributed by atoms with Crippen LogP contribution in [0.2, 0.25) is 0 Å². The minimum atomic E-state index is -0.288. The van der Waals surface area contributed by atoms with E-state index in [4.69, 9.17) is 4.42 Å². The minimum absolute atomic E-state index is 0.257. The molecule has 1 heterocycles. The van der Waals surface area contributed by atoms with Crippen molar-refractivity contribution in [1.82, 2.24) is 5.32 Å². The van der Waals surface area contributed by atoms with Crippen molar-refractivity contribution in [3.05, 3.63) is 120 Å². The van der Waals surface area contributed by atoms with Gasteiger partial charge in [-0.05, 0) is 42.0 Å². The van der Waals surface area contributed by atoms with Gasteiger partial charge in [-0.15, -0.1) is 11.8 Å². The molecule has 0 unspecified atom stereocenters. The van der Waals surface area contributed by atoms with Gasteiger partial charge >= 0.3 is 0 Å². The molecule has 0 saturated heterocycles. The second-order valence-electron chi connectivity index (χ2n) is 7.03. The first-order valence-electron chi connectivity index (χ1n) is 10.2. The summed E-state index contributed by atoms with van der Waals surface area (Å²) in [6, 6.07) is 28.1. The zero-order valence-electron chi connectivity index (χ0n) is 17.3. The maximum absolute atomic E-state index is 13.1. The van der Waals surface area contributed by atoms with Crippen molar-refractivity contribution in [1.29, 1.82) is 0 Å². The molecule has 4 rings (SSSR count). The molecule has 0 bridgehead atoms. The van der Waals surface area contributed by atoms with Crippen LogP contribution in [-0.2, 0) is 12.3 Å². The Morgan fingerprint density at radius 1 is 0.750 bits per heavy atom. The van der Waals surface area contributed by atoms with E-state index < -0.39 is 0 Å². The lowest BCUT2D eigenvalue weighted by Gasteiger charge is -2.13. The van der Waals surface area contributed by atoms with Gasteiger partial charge in [0.2, 0.25) is 0 Å². The third-order valence-corrected chi connectivity index (χ3v) is 5.94. The summed E-state index contributed by atoms with van der Waals surface area (Å²) in [6.45, 7) is 0.271. The number of para-hydroxylation sites is 1. The minimum Gasteiger partial charge on any atom is -0.467 e. The molecular formula is C26H22N2O3S. The Bertz CT molecular complexity index is 1190. The fourth-order valence-corrected chi connectivity index (χ4v) is 4.18. The maximum atomic E-state index is 13.1. The molecule has 0 atom stereocenters. The van der Waals surface area contributed by atoms with Gasteiger partial charge in [-0.3, -0.25) is 9.59 Å². The molecule has 6 heteroatoms. The molecule has 0 aliphatic carbocycles. The average Bonchev–Trinajstić information content (AvgIpc) is 3.36. The Balaban J connectivity index is 1.47. The number of anilines is 1. The molecule has 2 N–H and O–H groups in total. The summed E-state index contributed by atoms with van der Waals surface area (Å²) in [7, 11) is 0. The van der Waals surface area contributed by atoms with Crippen LogP contribution in [-0.4, -0.2) is 11.8 Å².